The second-order valence-corrected chi connectivity index (χ2v) is 5.87. The van der Waals surface area contributed by atoms with Gasteiger partial charge in [-0.2, -0.15) is 0 Å². The van der Waals surface area contributed by atoms with E-state index < -0.39 is 0 Å². The zero-order chi connectivity index (χ0) is 17.2. The zero-order valence-corrected chi connectivity index (χ0v) is 13.5. The minimum Gasteiger partial charge on any atom is -0.399 e. The van der Waals surface area contributed by atoms with Crippen LogP contribution in [-0.2, 0) is 4.79 Å². The number of fused-ring (bicyclic) bond motifs is 1. The van der Waals surface area contributed by atoms with Crippen molar-refractivity contribution in [1.29, 1.82) is 0 Å². The molecule has 0 fully saturated rings. The highest BCUT2D eigenvalue weighted by atomic mass is 16.2. The predicted molar refractivity (Wildman–Crippen MR) is 103 cm³/mol. The summed E-state index contributed by atoms with van der Waals surface area (Å²) in [5.74, 6) is -0.136. The Morgan fingerprint density at radius 1 is 0.880 bits per heavy atom. The van der Waals surface area contributed by atoms with Crippen LogP contribution in [0.2, 0.25) is 0 Å². The molecule has 4 rings (SSSR count). The van der Waals surface area contributed by atoms with E-state index >= 15 is 0 Å². The van der Waals surface area contributed by atoms with Crippen LogP contribution in [0.25, 0.3) is 11.3 Å². The van der Waals surface area contributed by atoms with Crippen LogP contribution in [0.5, 0.6) is 0 Å². The van der Waals surface area contributed by atoms with Gasteiger partial charge in [0.25, 0.3) is 5.91 Å². The maximum absolute atomic E-state index is 12.7. The molecule has 0 aromatic heterocycles. The van der Waals surface area contributed by atoms with E-state index in [1.54, 1.807) is 6.07 Å². The van der Waals surface area contributed by atoms with Crippen LogP contribution < -0.4 is 16.4 Å². The summed E-state index contributed by atoms with van der Waals surface area (Å²) in [6.07, 6.45) is 0. The number of amides is 1. The quantitative estimate of drug-likeness (QED) is 0.499. The molecular formula is C21H17N3O. The molecular weight excluding hydrogens is 310 g/mol. The van der Waals surface area contributed by atoms with Gasteiger partial charge in [0.1, 0.15) is 0 Å². The first kappa shape index (κ1) is 15.0. The molecule has 0 radical (unpaired) electrons. The average molecular weight is 327 g/mol. The largest absolute Gasteiger partial charge is 0.399 e. The second-order valence-electron chi connectivity index (χ2n) is 5.87. The van der Waals surface area contributed by atoms with Gasteiger partial charge in [0.2, 0.25) is 0 Å². The molecule has 0 saturated heterocycles. The molecule has 0 atom stereocenters. The van der Waals surface area contributed by atoms with E-state index in [9.17, 15) is 4.79 Å². The van der Waals surface area contributed by atoms with Crippen LogP contribution in [-0.4, -0.2) is 5.91 Å². The lowest BCUT2D eigenvalue weighted by Crippen LogP contribution is -2.10. The summed E-state index contributed by atoms with van der Waals surface area (Å²) in [7, 11) is 0. The molecule has 4 N–H and O–H groups in total. The van der Waals surface area contributed by atoms with E-state index in [0.29, 0.717) is 11.3 Å². The molecule has 1 aliphatic heterocycles. The second kappa shape index (κ2) is 6.17. The molecule has 0 unspecified atom stereocenters. The average Bonchev–Trinajstić information content (AvgIpc) is 2.96. The van der Waals surface area contributed by atoms with Gasteiger partial charge in [-0.05, 0) is 35.9 Å². The Hall–Kier alpha value is -3.53. The van der Waals surface area contributed by atoms with Crippen molar-refractivity contribution in [3.8, 4) is 0 Å². The van der Waals surface area contributed by atoms with Crippen LogP contribution in [0, 0.1) is 0 Å². The molecule has 3 aromatic rings. The lowest BCUT2D eigenvalue weighted by Gasteiger charge is -2.14. The van der Waals surface area contributed by atoms with Crippen molar-refractivity contribution >= 4 is 34.2 Å². The number of carbonyl (C=O) groups excluding carboxylic acids is 1. The van der Waals surface area contributed by atoms with Gasteiger partial charge >= 0.3 is 0 Å². The van der Waals surface area contributed by atoms with Gasteiger partial charge < -0.3 is 16.4 Å². The van der Waals surface area contributed by atoms with Crippen LogP contribution in [0.1, 0.15) is 11.1 Å². The maximum atomic E-state index is 12.7. The molecule has 0 bridgehead atoms. The minimum absolute atomic E-state index is 0.136. The lowest BCUT2D eigenvalue weighted by atomic mass is 9.99. The van der Waals surface area contributed by atoms with Crippen LogP contribution in [0.3, 0.4) is 0 Å². The van der Waals surface area contributed by atoms with Crippen molar-refractivity contribution in [3.05, 3.63) is 90.0 Å². The highest BCUT2D eigenvalue weighted by Gasteiger charge is 2.28. The summed E-state index contributed by atoms with van der Waals surface area (Å²) in [5.41, 5.74) is 11.4. The molecule has 0 spiro atoms. The van der Waals surface area contributed by atoms with Crippen molar-refractivity contribution in [2.24, 2.45) is 0 Å². The normalized spacial score (nSPS) is 14.6. The van der Waals surface area contributed by atoms with Crippen LogP contribution in [0.15, 0.2) is 78.9 Å². The highest BCUT2D eigenvalue weighted by Crippen LogP contribution is 2.38. The SMILES string of the molecule is Nc1ccc2c(c1)/C(=C(/Nc1ccccc1)c1ccccc1)C(=O)N2. The first-order valence-electron chi connectivity index (χ1n) is 8.05. The molecule has 4 nitrogen and oxygen atoms in total. The minimum atomic E-state index is -0.136. The monoisotopic (exact) mass is 327 g/mol. The van der Waals surface area contributed by atoms with Gasteiger partial charge in [0, 0.05) is 22.6 Å². The van der Waals surface area contributed by atoms with Crippen molar-refractivity contribution < 1.29 is 4.79 Å². The Bertz CT molecular complexity index is 963. The fraction of sp³-hybridized carbons (Fsp3) is 0. The number of anilines is 3. The number of hydrogen-bond acceptors (Lipinski definition) is 3. The number of carbonyl (C=O) groups is 1. The topological polar surface area (TPSA) is 67.1 Å². The van der Waals surface area contributed by atoms with Crippen LogP contribution >= 0.6 is 0 Å². The Balaban J connectivity index is 1.93. The molecule has 0 saturated carbocycles. The summed E-state index contributed by atoms with van der Waals surface area (Å²) in [5, 5.41) is 6.32. The molecule has 25 heavy (non-hydrogen) atoms. The van der Waals surface area contributed by atoms with Gasteiger partial charge in [-0.15, -0.1) is 0 Å². The molecule has 1 amide bonds. The summed E-state index contributed by atoms with van der Waals surface area (Å²) in [6.45, 7) is 0. The Kier molecular flexibility index (Phi) is 3.71. The third-order valence-electron chi connectivity index (χ3n) is 4.14. The molecule has 1 aliphatic rings. The maximum Gasteiger partial charge on any atom is 0.258 e. The zero-order valence-electron chi connectivity index (χ0n) is 13.5. The van der Waals surface area contributed by atoms with Crippen molar-refractivity contribution in [2.75, 3.05) is 16.4 Å². The Morgan fingerprint density at radius 3 is 2.28 bits per heavy atom. The van der Waals surface area contributed by atoms with E-state index in [0.717, 1.165) is 28.2 Å². The smallest absolute Gasteiger partial charge is 0.258 e. The van der Waals surface area contributed by atoms with Gasteiger partial charge in [0.15, 0.2) is 0 Å². The van der Waals surface area contributed by atoms with Gasteiger partial charge in [0.05, 0.1) is 11.3 Å². The van der Waals surface area contributed by atoms with Crippen LogP contribution in [0.4, 0.5) is 17.1 Å². The molecule has 3 aromatic carbocycles. The van der Waals surface area contributed by atoms with E-state index in [2.05, 4.69) is 10.6 Å². The van der Waals surface area contributed by atoms with E-state index in [1.807, 2.05) is 72.8 Å². The predicted octanol–water partition coefficient (Wildman–Crippen LogP) is 4.20. The van der Waals surface area contributed by atoms with Crippen molar-refractivity contribution in [3.63, 3.8) is 0 Å². The third kappa shape index (κ3) is 2.85. The number of nitrogen functional groups attached to an aromatic ring is 1. The summed E-state index contributed by atoms with van der Waals surface area (Å²) in [6, 6.07) is 25.1. The number of nitrogens with one attached hydrogen (secondary N) is 2. The Labute approximate surface area is 146 Å². The molecule has 4 heteroatoms. The number of para-hydroxylation sites is 1. The summed E-state index contributed by atoms with van der Waals surface area (Å²) in [4.78, 5) is 12.7. The van der Waals surface area contributed by atoms with Crippen molar-refractivity contribution in [2.45, 2.75) is 0 Å². The summed E-state index contributed by atoms with van der Waals surface area (Å²) >= 11 is 0. The number of rotatable bonds is 3. The van der Waals surface area contributed by atoms with Gasteiger partial charge in [-0.25, -0.2) is 0 Å². The first-order chi connectivity index (χ1) is 12.2. The van der Waals surface area contributed by atoms with Gasteiger partial charge in [-0.3, -0.25) is 4.79 Å². The first-order valence-corrected chi connectivity index (χ1v) is 8.05. The molecule has 122 valence electrons. The van der Waals surface area contributed by atoms with Crippen molar-refractivity contribution in [1.82, 2.24) is 0 Å². The Morgan fingerprint density at radius 2 is 1.56 bits per heavy atom. The standard InChI is InChI=1S/C21H17N3O/c22-15-11-12-18-17(13-15)19(21(25)24-18)20(14-7-3-1-4-8-14)23-16-9-5-2-6-10-16/h1-13,23H,22H2,(H,24,25)/b20-19-. The van der Waals surface area contributed by atoms with E-state index in [-0.39, 0.29) is 5.91 Å². The fourth-order valence-electron chi connectivity index (χ4n) is 2.98. The highest BCUT2D eigenvalue weighted by molar-refractivity contribution is 6.37. The number of benzene rings is 3. The van der Waals surface area contributed by atoms with Gasteiger partial charge in [-0.1, -0.05) is 48.5 Å². The number of nitrogens with two attached hydrogens (primary N) is 1. The number of hydrogen-bond donors (Lipinski definition) is 3. The van der Waals surface area contributed by atoms with E-state index in [1.165, 1.54) is 0 Å². The lowest BCUT2D eigenvalue weighted by molar-refractivity contribution is -0.110. The van der Waals surface area contributed by atoms with E-state index in [4.69, 9.17) is 5.73 Å². The third-order valence-corrected chi connectivity index (χ3v) is 4.14. The molecule has 0 aliphatic carbocycles. The fourth-order valence-corrected chi connectivity index (χ4v) is 2.98. The molecule has 1 heterocycles. The summed E-state index contributed by atoms with van der Waals surface area (Å²) < 4.78 is 0.